The maximum atomic E-state index is 4.20. The Bertz CT molecular complexity index is 429. The molecule has 6 heteroatoms. The molecule has 1 fully saturated rings. The number of nitrogens with one attached hydrogen (secondary N) is 1. The van der Waals surface area contributed by atoms with Crippen LogP contribution in [0.15, 0.2) is 4.60 Å². The number of hydrogen-bond acceptors (Lipinski definition) is 4. The van der Waals surface area contributed by atoms with E-state index in [0.29, 0.717) is 0 Å². The highest BCUT2D eigenvalue weighted by Gasteiger charge is 2.47. The molecular formula is C15H28BrN5. The van der Waals surface area contributed by atoms with E-state index in [1.54, 1.807) is 0 Å². The molecule has 120 valence electrons. The van der Waals surface area contributed by atoms with Gasteiger partial charge >= 0.3 is 0 Å². The summed E-state index contributed by atoms with van der Waals surface area (Å²) in [7, 11) is 1.99. The predicted octanol–water partition coefficient (Wildman–Crippen LogP) is 2.88. The van der Waals surface area contributed by atoms with Gasteiger partial charge in [-0.15, -0.1) is 5.10 Å². The molecule has 0 aromatic carbocycles. The number of halogens is 1. The van der Waals surface area contributed by atoms with Crippen molar-refractivity contribution in [3.8, 4) is 0 Å². The minimum absolute atomic E-state index is 0.178. The number of rotatable bonds is 7. The van der Waals surface area contributed by atoms with E-state index in [9.17, 15) is 0 Å². The third-order valence-electron chi connectivity index (χ3n) is 4.91. The Morgan fingerprint density at radius 3 is 2.33 bits per heavy atom. The van der Waals surface area contributed by atoms with E-state index in [-0.39, 0.29) is 11.6 Å². The first-order valence-electron chi connectivity index (χ1n) is 8.14. The average Bonchev–Trinajstić information content (AvgIpc) is 3.07. The van der Waals surface area contributed by atoms with E-state index in [1.807, 2.05) is 11.7 Å². The molecule has 0 aliphatic heterocycles. The van der Waals surface area contributed by atoms with Gasteiger partial charge < -0.3 is 5.32 Å². The SMILES string of the molecule is CCNC(c1c(Br)nnn1C)C1(N(CC)CC)CCCC1. The number of nitrogens with zero attached hydrogens (tertiary/aromatic N) is 4. The van der Waals surface area contributed by atoms with Crippen LogP contribution in [-0.4, -0.2) is 45.1 Å². The number of likely N-dealkylation sites (N-methyl/N-ethyl adjacent to an activating group) is 2. The highest BCUT2D eigenvalue weighted by Crippen LogP contribution is 2.45. The lowest BCUT2D eigenvalue weighted by molar-refractivity contribution is 0.0599. The lowest BCUT2D eigenvalue weighted by Gasteiger charge is -2.46. The Labute approximate surface area is 136 Å². The smallest absolute Gasteiger partial charge is 0.153 e. The van der Waals surface area contributed by atoms with Crippen LogP contribution in [0, 0.1) is 0 Å². The van der Waals surface area contributed by atoms with Crippen molar-refractivity contribution < 1.29 is 0 Å². The van der Waals surface area contributed by atoms with Gasteiger partial charge in [0, 0.05) is 12.6 Å². The van der Waals surface area contributed by atoms with Gasteiger partial charge in [0.25, 0.3) is 0 Å². The molecule has 0 spiro atoms. The molecule has 1 saturated carbocycles. The number of aromatic nitrogens is 3. The van der Waals surface area contributed by atoms with Crippen LogP contribution in [0.1, 0.15) is 58.2 Å². The number of aryl methyl sites for hydroxylation is 1. The van der Waals surface area contributed by atoms with E-state index in [0.717, 1.165) is 24.2 Å². The second-order valence-electron chi connectivity index (χ2n) is 5.86. The van der Waals surface area contributed by atoms with E-state index >= 15 is 0 Å². The molecule has 1 unspecified atom stereocenters. The van der Waals surface area contributed by atoms with Crippen molar-refractivity contribution >= 4 is 15.9 Å². The zero-order chi connectivity index (χ0) is 15.5. The lowest BCUT2D eigenvalue weighted by atomic mass is 9.84. The zero-order valence-corrected chi connectivity index (χ0v) is 15.3. The van der Waals surface area contributed by atoms with Crippen molar-refractivity contribution in [2.75, 3.05) is 19.6 Å². The maximum Gasteiger partial charge on any atom is 0.153 e. The Morgan fingerprint density at radius 1 is 1.29 bits per heavy atom. The first kappa shape index (κ1) is 16.9. The minimum Gasteiger partial charge on any atom is -0.307 e. The lowest BCUT2D eigenvalue weighted by Crippen LogP contribution is -2.55. The average molecular weight is 358 g/mol. The van der Waals surface area contributed by atoms with Crippen LogP contribution in [0.25, 0.3) is 0 Å². The largest absolute Gasteiger partial charge is 0.307 e. The summed E-state index contributed by atoms with van der Waals surface area (Å²) in [6, 6.07) is 0.263. The molecule has 0 amide bonds. The van der Waals surface area contributed by atoms with Crippen LogP contribution in [0.2, 0.25) is 0 Å². The van der Waals surface area contributed by atoms with Gasteiger partial charge in [0.15, 0.2) is 4.60 Å². The third kappa shape index (κ3) is 3.03. The first-order valence-corrected chi connectivity index (χ1v) is 8.93. The Morgan fingerprint density at radius 2 is 1.90 bits per heavy atom. The van der Waals surface area contributed by atoms with Crippen LogP contribution >= 0.6 is 15.9 Å². The van der Waals surface area contributed by atoms with Crippen molar-refractivity contribution in [1.29, 1.82) is 0 Å². The van der Waals surface area contributed by atoms with Crippen molar-refractivity contribution in [2.45, 2.75) is 58.0 Å². The second-order valence-corrected chi connectivity index (χ2v) is 6.61. The normalized spacial score (nSPS) is 19.3. The third-order valence-corrected chi connectivity index (χ3v) is 5.47. The van der Waals surface area contributed by atoms with E-state index in [1.165, 1.54) is 31.4 Å². The van der Waals surface area contributed by atoms with Gasteiger partial charge in [0.1, 0.15) is 0 Å². The first-order chi connectivity index (χ1) is 10.1. The molecule has 2 rings (SSSR count). The molecule has 5 nitrogen and oxygen atoms in total. The number of hydrogen-bond donors (Lipinski definition) is 1. The van der Waals surface area contributed by atoms with Crippen molar-refractivity contribution in [1.82, 2.24) is 25.2 Å². The summed E-state index contributed by atoms with van der Waals surface area (Å²) in [6.07, 6.45) is 5.09. The van der Waals surface area contributed by atoms with Crippen LogP contribution in [-0.2, 0) is 7.05 Å². The fourth-order valence-electron chi connectivity index (χ4n) is 4.02. The highest BCUT2D eigenvalue weighted by atomic mass is 79.9. The Hall–Kier alpha value is -0.460. The predicted molar refractivity (Wildman–Crippen MR) is 89.2 cm³/mol. The maximum absolute atomic E-state index is 4.20. The molecule has 0 radical (unpaired) electrons. The van der Waals surface area contributed by atoms with Crippen LogP contribution in [0.5, 0.6) is 0 Å². The van der Waals surface area contributed by atoms with Crippen LogP contribution < -0.4 is 5.32 Å². The fraction of sp³-hybridized carbons (Fsp3) is 0.867. The Balaban J connectivity index is 2.47. The molecule has 1 atom stereocenters. The summed E-state index contributed by atoms with van der Waals surface area (Å²) in [5.74, 6) is 0. The van der Waals surface area contributed by atoms with Gasteiger partial charge in [-0.25, -0.2) is 4.68 Å². The van der Waals surface area contributed by atoms with Gasteiger partial charge in [-0.3, -0.25) is 4.90 Å². The molecule has 1 aromatic heterocycles. The standard InChI is InChI=1S/C15H28BrN5/c1-5-17-13(12-14(16)18-19-20(12)4)15(10-8-9-11-15)21(6-2)7-3/h13,17H,5-11H2,1-4H3. The van der Waals surface area contributed by atoms with Gasteiger partial charge in [0.2, 0.25) is 0 Å². The molecule has 0 saturated heterocycles. The molecule has 1 aliphatic rings. The van der Waals surface area contributed by atoms with Gasteiger partial charge in [-0.05, 0) is 48.4 Å². The van der Waals surface area contributed by atoms with Crippen molar-refractivity contribution in [3.63, 3.8) is 0 Å². The van der Waals surface area contributed by atoms with Crippen molar-refractivity contribution in [2.24, 2.45) is 7.05 Å². The quantitative estimate of drug-likeness (QED) is 0.814. The van der Waals surface area contributed by atoms with E-state index in [2.05, 4.69) is 57.2 Å². The van der Waals surface area contributed by atoms with Gasteiger partial charge in [-0.1, -0.05) is 38.8 Å². The Kier molecular flexibility index (Phi) is 5.80. The topological polar surface area (TPSA) is 46.0 Å². The van der Waals surface area contributed by atoms with E-state index in [4.69, 9.17) is 0 Å². The molecule has 1 aliphatic carbocycles. The summed E-state index contributed by atoms with van der Waals surface area (Å²) in [5, 5.41) is 12.1. The van der Waals surface area contributed by atoms with E-state index < -0.39 is 0 Å². The molecular weight excluding hydrogens is 330 g/mol. The van der Waals surface area contributed by atoms with Gasteiger partial charge in [0.05, 0.1) is 11.7 Å². The monoisotopic (exact) mass is 357 g/mol. The minimum atomic E-state index is 0.178. The summed E-state index contributed by atoms with van der Waals surface area (Å²) >= 11 is 3.60. The molecule has 1 aromatic rings. The second kappa shape index (κ2) is 7.20. The molecule has 21 heavy (non-hydrogen) atoms. The zero-order valence-electron chi connectivity index (χ0n) is 13.7. The summed E-state index contributed by atoms with van der Waals surface area (Å²) in [4.78, 5) is 2.63. The van der Waals surface area contributed by atoms with Crippen LogP contribution in [0.4, 0.5) is 0 Å². The summed E-state index contributed by atoms with van der Waals surface area (Å²) < 4.78 is 2.79. The van der Waals surface area contributed by atoms with Crippen molar-refractivity contribution in [3.05, 3.63) is 10.3 Å². The van der Waals surface area contributed by atoms with Crippen LogP contribution in [0.3, 0.4) is 0 Å². The van der Waals surface area contributed by atoms with Gasteiger partial charge in [-0.2, -0.15) is 0 Å². The molecule has 0 bridgehead atoms. The summed E-state index contributed by atoms with van der Waals surface area (Å²) in [5.41, 5.74) is 1.35. The molecule has 1 heterocycles. The summed E-state index contributed by atoms with van der Waals surface area (Å²) in [6.45, 7) is 9.83. The highest BCUT2D eigenvalue weighted by molar-refractivity contribution is 9.10. The fourth-order valence-corrected chi connectivity index (χ4v) is 4.58. The molecule has 1 N–H and O–H groups in total.